The van der Waals surface area contributed by atoms with E-state index in [0.29, 0.717) is 12.8 Å². The van der Waals surface area contributed by atoms with E-state index >= 15 is 0 Å². The van der Waals surface area contributed by atoms with Crippen LogP contribution >= 0.6 is 0 Å². The topological polar surface area (TPSA) is 68.9 Å². The first-order chi connectivity index (χ1) is 8.40. The molecule has 0 aliphatic heterocycles. The van der Waals surface area contributed by atoms with Gasteiger partial charge in [0.05, 0.1) is 11.7 Å². The first kappa shape index (κ1) is 12.6. The molecule has 0 unspecified atom stereocenters. The summed E-state index contributed by atoms with van der Waals surface area (Å²) >= 11 is 0. The SMILES string of the molecule is N#Cc1ccc(C(F)(F)F)nc1NC1CC(O)C1. The highest BCUT2D eigenvalue weighted by molar-refractivity contribution is 5.53. The van der Waals surface area contributed by atoms with Crippen LogP contribution in [0.25, 0.3) is 0 Å². The number of nitrogens with one attached hydrogen (secondary N) is 1. The molecule has 1 fully saturated rings. The largest absolute Gasteiger partial charge is 0.433 e. The smallest absolute Gasteiger partial charge is 0.393 e. The summed E-state index contributed by atoms with van der Waals surface area (Å²) in [6, 6.07) is 3.52. The third-order valence-corrected chi connectivity index (χ3v) is 2.76. The van der Waals surface area contributed by atoms with Crippen molar-refractivity contribution < 1.29 is 18.3 Å². The molecule has 0 bridgehead atoms. The summed E-state index contributed by atoms with van der Waals surface area (Å²) in [5.41, 5.74) is -0.978. The van der Waals surface area contributed by atoms with Crippen molar-refractivity contribution in [2.75, 3.05) is 5.32 Å². The summed E-state index contributed by atoms with van der Waals surface area (Å²) < 4.78 is 37.5. The van der Waals surface area contributed by atoms with Gasteiger partial charge in [-0.2, -0.15) is 18.4 Å². The van der Waals surface area contributed by atoms with E-state index in [9.17, 15) is 13.2 Å². The number of aromatic nitrogens is 1. The Morgan fingerprint density at radius 3 is 2.56 bits per heavy atom. The van der Waals surface area contributed by atoms with Crippen molar-refractivity contribution >= 4 is 5.82 Å². The number of anilines is 1. The van der Waals surface area contributed by atoms with Crippen molar-refractivity contribution in [2.45, 2.75) is 31.2 Å². The lowest BCUT2D eigenvalue weighted by Gasteiger charge is -2.32. The highest BCUT2D eigenvalue weighted by Gasteiger charge is 2.34. The third-order valence-electron chi connectivity index (χ3n) is 2.76. The van der Waals surface area contributed by atoms with Crippen LogP contribution in [0.3, 0.4) is 0 Å². The molecular formula is C11H10F3N3O. The number of aliphatic hydroxyl groups excluding tert-OH is 1. The van der Waals surface area contributed by atoms with Gasteiger partial charge in [0.15, 0.2) is 0 Å². The predicted molar refractivity (Wildman–Crippen MR) is 56.6 cm³/mol. The van der Waals surface area contributed by atoms with E-state index in [1.807, 2.05) is 0 Å². The number of aliphatic hydroxyl groups is 1. The number of halogens is 3. The molecule has 1 aliphatic carbocycles. The van der Waals surface area contributed by atoms with E-state index in [1.165, 1.54) is 0 Å². The Morgan fingerprint density at radius 1 is 1.39 bits per heavy atom. The van der Waals surface area contributed by atoms with Crippen molar-refractivity contribution in [1.82, 2.24) is 4.98 Å². The van der Waals surface area contributed by atoms with E-state index < -0.39 is 18.0 Å². The molecule has 2 N–H and O–H groups in total. The lowest BCUT2D eigenvalue weighted by molar-refractivity contribution is -0.141. The van der Waals surface area contributed by atoms with E-state index in [4.69, 9.17) is 10.4 Å². The molecule has 0 saturated heterocycles. The lowest BCUT2D eigenvalue weighted by Crippen LogP contribution is -2.39. The molecule has 1 saturated carbocycles. The fourth-order valence-electron chi connectivity index (χ4n) is 1.72. The average molecular weight is 257 g/mol. The Labute approximate surface area is 101 Å². The molecule has 1 heterocycles. The van der Waals surface area contributed by atoms with Crippen LogP contribution in [-0.2, 0) is 6.18 Å². The van der Waals surface area contributed by atoms with Crippen LogP contribution in [0.5, 0.6) is 0 Å². The lowest BCUT2D eigenvalue weighted by atomic mass is 9.89. The second kappa shape index (κ2) is 4.46. The highest BCUT2D eigenvalue weighted by atomic mass is 19.4. The summed E-state index contributed by atoms with van der Waals surface area (Å²) in [5, 5.41) is 20.7. The average Bonchev–Trinajstić information content (AvgIpc) is 2.25. The fourth-order valence-corrected chi connectivity index (χ4v) is 1.72. The van der Waals surface area contributed by atoms with Gasteiger partial charge in [0, 0.05) is 6.04 Å². The molecule has 7 heteroatoms. The quantitative estimate of drug-likeness (QED) is 0.849. The maximum absolute atomic E-state index is 12.5. The maximum Gasteiger partial charge on any atom is 0.433 e. The third kappa shape index (κ3) is 2.54. The van der Waals surface area contributed by atoms with Gasteiger partial charge >= 0.3 is 6.18 Å². The number of rotatable bonds is 2. The molecule has 18 heavy (non-hydrogen) atoms. The zero-order valence-electron chi connectivity index (χ0n) is 9.20. The minimum absolute atomic E-state index is 0.0596. The molecule has 1 aromatic heterocycles. The minimum atomic E-state index is -4.54. The molecule has 96 valence electrons. The Hall–Kier alpha value is -1.81. The van der Waals surface area contributed by atoms with Gasteiger partial charge in [-0.05, 0) is 25.0 Å². The summed E-state index contributed by atoms with van der Waals surface area (Å²) in [6.45, 7) is 0. The normalized spacial score (nSPS) is 23.1. The fraction of sp³-hybridized carbons (Fsp3) is 0.455. The zero-order valence-corrected chi connectivity index (χ0v) is 9.20. The van der Waals surface area contributed by atoms with Gasteiger partial charge in [-0.1, -0.05) is 0 Å². The van der Waals surface area contributed by atoms with Crippen LogP contribution in [0.1, 0.15) is 24.1 Å². The first-order valence-corrected chi connectivity index (χ1v) is 5.33. The molecule has 0 spiro atoms. The number of hydrogen-bond donors (Lipinski definition) is 2. The van der Waals surface area contributed by atoms with Crippen molar-refractivity contribution in [1.29, 1.82) is 5.26 Å². The van der Waals surface area contributed by atoms with Gasteiger partial charge in [0.2, 0.25) is 0 Å². The predicted octanol–water partition coefficient (Wildman–Crippen LogP) is 1.91. The summed E-state index contributed by atoms with van der Waals surface area (Å²) in [5.74, 6) is -0.0794. The van der Waals surface area contributed by atoms with Crippen LogP contribution in [0, 0.1) is 11.3 Å². The van der Waals surface area contributed by atoms with Gasteiger partial charge in [-0.15, -0.1) is 0 Å². The van der Waals surface area contributed by atoms with Crippen molar-refractivity contribution in [3.05, 3.63) is 23.4 Å². The molecule has 1 aliphatic rings. The van der Waals surface area contributed by atoms with Gasteiger partial charge < -0.3 is 10.4 Å². The summed E-state index contributed by atoms with van der Waals surface area (Å²) in [7, 11) is 0. The van der Waals surface area contributed by atoms with E-state index in [2.05, 4.69) is 10.3 Å². The summed E-state index contributed by atoms with van der Waals surface area (Å²) in [6.07, 6.45) is -4.08. The Kier molecular flexibility index (Phi) is 3.13. The van der Waals surface area contributed by atoms with Gasteiger partial charge in [0.25, 0.3) is 0 Å². The monoisotopic (exact) mass is 257 g/mol. The first-order valence-electron chi connectivity index (χ1n) is 5.33. The zero-order chi connectivity index (χ0) is 13.3. The van der Waals surface area contributed by atoms with Gasteiger partial charge in [0.1, 0.15) is 17.6 Å². The molecule has 0 atom stereocenters. The standard InChI is InChI=1S/C11H10F3N3O/c12-11(13,14)9-2-1-6(5-15)10(17-9)16-7-3-8(18)4-7/h1-2,7-8,18H,3-4H2,(H,16,17). The van der Waals surface area contributed by atoms with Crippen molar-refractivity contribution in [3.63, 3.8) is 0 Å². The molecule has 1 aromatic rings. The molecule has 0 radical (unpaired) electrons. The van der Waals surface area contributed by atoms with E-state index in [0.717, 1.165) is 12.1 Å². The molecule has 0 amide bonds. The van der Waals surface area contributed by atoms with Crippen LogP contribution in [0.4, 0.5) is 19.0 Å². The van der Waals surface area contributed by atoms with E-state index in [-0.39, 0.29) is 17.4 Å². The van der Waals surface area contributed by atoms with Crippen LogP contribution in [0.2, 0.25) is 0 Å². The van der Waals surface area contributed by atoms with Gasteiger partial charge in [-0.3, -0.25) is 0 Å². The van der Waals surface area contributed by atoms with Crippen LogP contribution < -0.4 is 5.32 Å². The Balaban J connectivity index is 2.23. The number of nitrogens with zero attached hydrogens (tertiary/aromatic N) is 2. The molecule has 0 aromatic carbocycles. The number of hydrogen-bond acceptors (Lipinski definition) is 4. The minimum Gasteiger partial charge on any atom is -0.393 e. The number of nitriles is 1. The molecule has 2 rings (SSSR count). The Morgan fingerprint density at radius 2 is 2.06 bits per heavy atom. The Bertz CT molecular complexity index is 489. The molecular weight excluding hydrogens is 247 g/mol. The molecule has 4 nitrogen and oxygen atoms in total. The van der Waals surface area contributed by atoms with Crippen LogP contribution in [0.15, 0.2) is 12.1 Å². The highest BCUT2D eigenvalue weighted by Crippen LogP contribution is 2.31. The van der Waals surface area contributed by atoms with Crippen LogP contribution in [-0.4, -0.2) is 22.2 Å². The van der Waals surface area contributed by atoms with E-state index in [1.54, 1.807) is 6.07 Å². The van der Waals surface area contributed by atoms with Gasteiger partial charge in [-0.25, -0.2) is 4.98 Å². The second-order valence-electron chi connectivity index (χ2n) is 4.17. The summed E-state index contributed by atoms with van der Waals surface area (Å²) in [4.78, 5) is 3.42. The second-order valence-corrected chi connectivity index (χ2v) is 4.17. The number of alkyl halides is 3. The van der Waals surface area contributed by atoms with Crippen molar-refractivity contribution in [2.24, 2.45) is 0 Å². The maximum atomic E-state index is 12.5. The number of pyridine rings is 1. The van der Waals surface area contributed by atoms with Crippen molar-refractivity contribution in [3.8, 4) is 6.07 Å².